The molecule has 1 aliphatic heterocycles. The van der Waals surface area contributed by atoms with Gasteiger partial charge < -0.3 is 14.4 Å². The maximum atomic E-state index is 14.0. The maximum Gasteiger partial charge on any atom is 0.260 e. The average Bonchev–Trinajstić information content (AvgIpc) is 3.15. The number of amides is 1. The first-order valence-corrected chi connectivity index (χ1v) is 8.94. The molecular weight excluding hydrogens is 333 g/mol. The summed E-state index contributed by atoms with van der Waals surface area (Å²) in [4.78, 5) is 14.3. The molecule has 2 aromatic carbocycles. The fraction of sp³-hybridized carbons (Fsp3) is 0.381. The van der Waals surface area contributed by atoms with E-state index in [2.05, 4.69) is 0 Å². The first-order chi connectivity index (χ1) is 12.6. The number of rotatable bonds is 7. The van der Waals surface area contributed by atoms with Gasteiger partial charge in [-0.05, 0) is 38.0 Å². The molecule has 138 valence electrons. The van der Waals surface area contributed by atoms with Gasteiger partial charge in [-0.25, -0.2) is 4.39 Å². The van der Waals surface area contributed by atoms with Gasteiger partial charge in [0.05, 0.1) is 6.10 Å². The van der Waals surface area contributed by atoms with Crippen molar-refractivity contribution in [2.45, 2.75) is 32.4 Å². The Bertz CT molecular complexity index is 726. The minimum Gasteiger partial charge on any atom is -0.484 e. The highest BCUT2D eigenvalue weighted by Gasteiger charge is 2.23. The third-order valence-corrected chi connectivity index (χ3v) is 4.50. The molecule has 0 aromatic heterocycles. The Balaban J connectivity index is 1.65. The summed E-state index contributed by atoms with van der Waals surface area (Å²) >= 11 is 0. The van der Waals surface area contributed by atoms with Crippen LogP contribution in [0.4, 0.5) is 4.39 Å². The standard InChI is InChI=1S/C21H24FNO3/c1-16-8-10-18(11-9-16)26-15-21(24)23(14-19-6-4-12-25-19)13-17-5-2-3-7-20(17)22/h2-3,5,7-11,19H,4,6,12-15H2,1H3. The molecule has 0 spiro atoms. The summed E-state index contributed by atoms with van der Waals surface area (Å²) in [6, 6.07) is 14.1. The highest BCUT2D eigenvalue weighted by molar-refractivity contribution is 5.77. The van der Waals surface area contributed by atoms with Crippen molar-refractivity contribution in [1.82, 2.24) is 4.90 Å². The lowest BCUT2D eigenvalue weighted by molar-refractivity contribution is -0.135. The van der Waals surface area contributed by atoms with Crippen molar-refractivity contribution in [3.05, 3.63) is 65.5 Å². The molecule has 0 saturated carbocycles. The van der Waals surface area contributed by atoms with Gasteiger partial charge in [-0.2, -0.15) is 0 Å². The SMILES string of the molecule is Cc1ccc(OCC(=O)N(Cc2ccccc2F)CC2CCCO2)cc1. The molecule has 1 saturated heterocycles. The number of hydrogen-bond donors (Lipinski definition) is 0. The lowest BCUT2D eigenvalue weighted by Gasteiger charge is -2.26. The topological polar surface area (TPSA) is 38.8 Å². The van der Waals surface area contributed by atoms with Gasteiger partial charge in [-0.3, -0.25) is 4.79 Å². The lowest BCUT2D eigenvalue weighted by Crippen LogP contribution is -2.39. The van der Waals surface area contributed by atoms with E-state index < -0.39 is 0 Å². The Kier molecular flexibility index (Phi) is 6.23. The summed E-state index contributed by atoms with van der Waals surface area (Å²) in [7, 11) is 0. The summed E-state index contributed by atoms with van der Waals surface area (Å²) in [6.07, 6.45) is 1.91. The Morgan fingerprint density at radius 3 is 2.69 bits per heavy atom. The smallest absolute Gasteiger partial charge is 0.260 e. The number of ether oxygens (including phenoxy) is 2. The molecule has 1 unspecified atom stereocenters. The molecule has 1 aliphatic rings. The van der Waals surface area contributed by atoms with Crippen LogP contribution in [0.3, 0.4) is 0 Å². The third-order valence-electron chi connectivity index (χ3n) is 4.50. The van der Waals surface area contributed by atoms with Crippen LogP contribution in [-0.2, 0) is 16.1 Å². The van der Waals surface area contributed by atoms with Crippen molar-refractivity contribution in [3.8, 4) is 5.75 Å². The van der Waals surface area contributed by atoms with Gasteiger partial charge in [0, 0.05) is 25.3 Å². The third kappa shape index (κ3) is 5.05. The summed E-state index contributed by atoms with van der Waals surface area (Å²) in [6.45, 7) is 3.29. The molecule has 2 aromatic rings. The number of carbonyl (C=O) groups is 1. The van der Waals surface area contributed by atoms with Crippen LogP contribution in [-0.4, -0.2) is 36.7 Å². The molecule has 3 rings (SSSR count). The Labute approximate surface area is 153 Å². The lowest BCUT2D eigenvalue weighted by atomic mass is 10.1. The van der Waals surface area contributed by atoms with Crippen LogP contribution in [0.2, 0.25) is 0 Å². The second kappa shape index (κ2) is 8.81. The number of aryl methyl sites for hydroxylation is 1. The first kappa shape index (κ1) is 18.4. The minimum atomic E-state index is -0.308. The number of nitrogens with zero attached hydrogens (tertiary/aromatic N) is 1. The quantitative estimate of drug-likeness (QED) is 0.758. The van der Waals surface area contributed by atoms with Crippen molar-refractivity contribution in [3.63, 3.8) is 0 Å². The molecule has 1 atom stereocenters. The van der Waals surface area contributed by atoms with Gasteiger partial charge in [-0.15, -0.1) is 0 Å². The summed E-state index contributed by atoms with van der Waals surface area (Å²) in [5.41, 5.74) is 1.62. The highest BCUT2D eigenvalue weighted by atomic mass is 19.1. The molecule has 4 nitrogen and oxygen atoms in total. The van der Waals surface area contributed by atoms with E-state index in [9.17, 15) is 9.18 Å². The van der Waals surface area contributed by atoms with Gasteiger partial charge in [0.15, 0.2) is 6.61 Å². The van der Waals surface area contributed by atoms with Gasteiger partial charge in [0.25, 0.3) is 5.91 Å². The van der Waals surface area contributed by atoms with E-state index in [0.717, 1.165) is 18.4 Å². The molecule has 26 heavy (non-hydrogen) atoms. The van der Waals surface area contributed by atoms with E-state index in [1.165, 1.54) is 6.07 Å². The Hall–Kier alpha value is -2.40. The van der Waals surface area contributed by atoms with Crippen LogP contribution >= 0.6 is 0 Å². The normalized spacial score (nSPS) is 16.5. The van der Waals surface area contributed by atoms with Crippen molar-refractivity contribution in [1.29, 1.82) is 0 Å². The van der Waals surface area contributed by atoms with Gasteiger partial charge in [0.2, 0.25) is 0 Å². The molecule has 1 heterocycles. The van der Waals surface area contributed by atoms with Crippen LogP contribution in [0.1, 0.15) is 24.0 Å². The molecule has 0 radical (unpaired) electrons. The minimum absolute atomic E-state index is 0.00472. The second-order valence-electron chi connectivity index (χ2n) is 6.60. The van der Waals surface area contributed by atoms with E-state index >= 15 is 0 Å². The number of hydrogen-bond acceptors (Lipinski definition) is 3. The Morgan fingerprint density at radius 2 is 2.00 bits per heavy atom. The van der Waals surface area contributed by atoms with Gasteiger partial charge in [-0.1, -0.05) is 35.9 Å². The Morgan fingerprint density at radius 1 is 1.23 bits per heavy atom. The molecule has 0 N–H and O–H groups in total. The zero-order valence-electron chi connectivity index (χ0n) is 15.0. The van der Waals surface area contributed by atoms with Crippen LogP contribution in [0.15, 0.2) is 48.5 Å². The van der Waals surface area contributed by atoms with Gasteiger partial charge >= 0.3 is 0 Å². The second-order valence-corrected chi connectivity index (χ2v) is 6.60. The fourth-order valence-corrected chi connectivity index (χ4v) is 2.99. The van der Waals surface area contributed by atoms with Crippen molar-refractivity contribution >= 4 is 5.91 Å². The van der Waals surface area contributed by atoms with Crippen molar-refractivity contribution in [2.24, 2.45) is 0 Å². The largest absolute Gasteiger partial charge is 0.484 e. The van der Waals surface area contributed by atoms with E-state index in [1.54, 1.807) is 23.1 Å². The zero-order chi connectivity index (χ0) is 18.4. The van der Waals surface area contributed by atoms with E-state index in [0.29, 0.717) is 24.5 Å². The van der Waals surface area contributed by atoms with Crippen molar-refractivity contribution in [2.75, 3.05) is 19.8 Å². The molecule has 1 amide bonds. The molecule has 0 aliphatic carbocycles. The summed E-state index contributed by atoms with van der Waals surface area (Å²) in [5, 5.41) is 0. The van der Waals surface area contributed by atoms with E-state index in [1.807, 2.05) is 31.2 Å². The van der Waals surface area contributed by atoms with E-state index in [-0.39, 0.29) is 31.0 Å². The van der Waals surface area contributed by atoms with Gasteiger partial charge in [0.1, 0.15) is 11.6 Å². The maximum absolute atomic E-state index is 14.0. The first-order valence-electron chi connectivity index (χ1n) is 8.94. The monoisotopic (exact) mass is 357 g/mol. The molecule has 0 bridgehead atoms. The summed E-state index contributed by atoms with van der Waals surface area (Å²) in [5.74, 6) is 0.160. The molecular formula is C21H24FNO3. The van der Waals surface area contributed by atoms with Crippen LogP contribution in [0.5, 0.6) is 5.75 Å². The predicted molar refractivity (Wildman–Crippen MR) is 97.5 cm³/mol. The van der Waals surface area contributed by atoms with Crippen LogP contribution in [0, 0.1) is 12.7 Å². The number of carbonyl (C=O) groups excluding carboxylic acids is 1. The molecule has 1 fully saturated rings. The summed E-state index contributed by atoms with van der Waals surface area (Å²) < 4.78 is 25.3. The zero-order valence-corrected chi connectivity index (χ0v) is 15.0. The predicted octanol–water partition coefficient (Wildman–Crippen LogP) is 3.72. The number of benzene rings is 2. The van der Waals surface area contributed by atoms with E-state index in [4.69, 9.17) is 9.47 Å². The highest BCUT2D eigenvalue weighted by Crippen LogP contribution is 2.17. The van der Waals surface area contributed by atoms with Crippen LogP contribution in [0.25, 0.3) is 0 Å². The average molecular weight is 357 g/mol. The fourth-order valence-electron chi connectivity index (χ4n) is 2.99. The number of halogens is 1. The van der Waals surface area contributed by atoms with Crippen molar-refractivity contribution < 1.29 is 18.7 Å². The van der Waals surface area contributed by atoms with Crippen LogP contribution < -0.4 is 4.74 Å². The molecule has 5 heteroatoms.